The number of amides is 1. The summed E-state index contributed by atoms with van der Waals surface area (Å²) in [7, 11) is 0. The highest BCUT2D eigenvalue weighted by molar-refractivity contribution is 9.10. The van der Waals surface area contributed by atoms with Gasteiger partial charge in [-0.15, -0.1) is 0 Å². The van der Waals surface area contributed by atoms with Gasteiger partial charge in [0.15, 0.2) is 0 Å². The molecule has 0 unspecified atom stereocenters. The highest BCUT2D eigenvalue weighted by atomic mass is 79.9. The molecule has 0 aliphatic heterocycles. The minimum absolute atomic E-state index is 0.237. The minimum Gasteiger partial charge on any atom is -0.397 e. The number of pyridine rings is 2. The number of aromatic nitrogens is 2. The van der Waals surface area contributed by atoms with E-state index in [2.05, 4.69) is 31.2 Å². The lowest BCUT2D eigenvalue weighted by Gasteiger charge is -2.07. The molecule has 0 aliphatic rings. The smallest absolute Gasteiger partial charge is 0.256 e. The van der Waals surface area contributed by atoms with Gasteiger partial charge in [0.2, 0.25) is 0 Å². The number of hydrogen-bond donors (Lipinski definition) is 2. The van der Waals surface area contributed by atoms with Crippen molar-refractivity contribution in [1.82, 2.24) is 9.97 Å². The molecule has 2 heterocycles. The van der Waals surface area contributed by atoms with Crippen molar-refractivity contribution in [3.05, 3.63) is 58.8 Å². The van der Waals surface area contributed by atoms with Crippen molar-refractivity contribution in [3.63, 3.8) is 0 Å². The van der Waals surface area contributed by atoms with Crippen LogP contribution in [0.1, 0.15) is 10.4 Å². The molecule has 0 spiro atoms. The van der Waals surface area contributed by atoms with Gasteiger partial charge in [-0.25, -0.2) is 4.98 Å². The van der Waals surface area contributed by atoms with E-state index in [0.717, 1.165) is 10.9 Å². The fourth-order valence-electron chi connectivity index (χ4n) is 1.94. The topological polar surface area (TPSA) is 80.9 Å². The average Bonchev–Trinajstić information content (AvgIpc) is 2.49. The molecule has 0 aliphatic carbocycles. The van der Waals surface area contributed by atoms with Crippen molar-refractivity contribution in [2.45, 2.75) is 0 Å². The first kappa shape index (κ1) is 13.5. The van der Waals surface area contributed by atoms with Crippen LogP contribution >= 0.6 is 15.9 Å². The molecule has 0 fully saturated rings. The molecule has 3 rings (SSSR count). The normalized spacial score (nSPS) is 10.5. The van der Waals surface area contributed by atoms with Crippen LogP contribution in [0, 0.1) is 0 Å². The first-order valence-electron chi connectivity index (χ1n) is 6.20. The highest BCUT2D eigenvalue weighted by Gasteiger charge is 2.10. The number of carbonyl (C=O) groups excluding carboxylic acids is 1. The predicted molar refractivity (Wildman–Crippen MR) is 86.0 cm³/mol. The van der Waals surface area contributed by atoms with Crippen molar-refractivity contribution in [2.75, 3.05) is 11.1 Å². The minimum atomic E-state index is -0.237. The molecule has 5 nitrogen and oxygen atoms in total. The lowest BCUT2D eigenvalue weighted by Crippen LogP contribution is -2.13. The van der Waals surface area contributed by atoms with E-state index >= 15 is 0 Å². The number of nitrogens with two attached hydrogens (primary N) is 1. The zero-order chi connectivity index (χ0) is 14.8. The zero-order valence-corrected chi connectivity index (χ0v) is 12.5. The fraction of sp³-hybridized carbons (Fsp3) is 0. The Kier molecular flexibility index (Phi) is 3.53. The summed E-state index contributed by atoms with van der Waals surface area (Å²) in [5.74, 6) is 0.194. The van der Waals surface area contributed by atoms with Crippen LogP contribution in [-0.4, -0.2) is 15.9 Å². The third kappa shape index (κ3) is 2.85. The van der Waals surface area contributed by atoms with E-state index in [-0.39, 0.29) is 5.91 Å². The lowest BCUT2D eigenvalue weighted by atomic mass is 10.1. The second-order valence-electron chi connectivity index (χ2n) is 4.46. The molecule has 104 valence electrons. The van der Waals surface area contributed by atoms with Crippen molar-refractivity contribution in [1.29, 1.82) is 0 Å². The number of fused-ring (bicyclic) bond motifs is 1. The molecule has 21 heavy (non-hydrogen) atoms. The number of halogens is 1. The van der Waals surface area contributed by atoms with Gasteiger partial charge in [-0.05, 0) is 46.3 Å². The van der Waals surface area contributed by atoms with Crippen molar-refractivity contribution < 1.29 is 4.79 Å². The van der Waals surface area contributed by atoms with E-state index in [0.29, 0.717) is 21.5 Å². The molecular weight excluding hydrogens is 332 g/mol. The molecule has 1 amide bonds. The Bertz CT molecular complexity index is 835. The Morgan fingerprint density at radius 2 is 2.05 bits per heavy atom. The number of hydrogen-bond acceptors (Lipinski definition) is 4. The summed E-state index contributed by atoms with van der Waals surface area (Å²) in [5.41, 5.74) is 7.53. The van der Waals surface area contributed by atoms with Gasteiger partial charge in [-0.1, -0.05) is 6.07 Å². The molecule has 6 heteroatoms. The van der Waals surface area contributed by atoms with Crippen molar-refractivity contribution in [3.8, 4) is 0 Å². The maximum Gasteiger partial charge on any atom is 0.256 e. The lowest BCUT2D eigenvalue weighted by molar-refractivity contribution is 0.102. The van der Waals surface area contributed by atoms with Crippen LogP contribution in [0.25, 0.3) is 10.9 Å². The summed E-state index contributed by atoms with van der Waals surface area (Å²) in [6.07, 6.45) is 3.21. The third-order valence-corrected chi connectivity index (χ3v) is 3.56. The summed E-state index contributed by atoms with van der Waals surface area (Å²) in [5, 5.41) is 3.66. The summed E-state index contributed by atoms with van der Waals surface area (Å²) >= 11 is 3.32. The first-order valence-corrected chi connectivity index (χ1v) is 7.00. The van der Waals surface area contributed by atoms with Crippen LogP contribution in [0.4, 0.5) is 11.5 Å². The Hall–Kier alpha value is -2.47. The average molecular weight is 343 g/mol. The highest BCUT2D eigenvalue weighted by Crippen LogP contribution is 2.22. The molecule has 0 bridgehead atoms. The van der Waals surface area contributed by atoms with E-state index in [1.807, 2.05) is 18.2 Å². The summed E-state index contributed by atoms with van der Waals surface area (Å²) < 4.78 is 0.637. The predicted octanol–water partition coefficient (Wildman–Crippen LogP) is 3.23. The second kappa shape index (κ2) is 5.49. The Morgan fingerprint density at radius 1 is 1.19 bits per heavy atom. The fourth-order valence-corrected chi connectivity index (χ4v) is 2.41. The van der Waals surface area contributed by atoms with Gasteiger partial charge in [-0.2, -0.15) is 0 Å². The maximum absolute atomic E-state index is 12.3. The number of rotatable bonds is 2. The largest absolute Gasteiger partial charge is 0.397 e. The number of nitrogen functional groups attached to an aromatic ring is 1. The number of nitrogens with zero attached hydrogens (tertiary/aromatic N) is 2. The summed E-state index contributed by atoms with van der Waals surface area (Å²) in [6.45, 7) is 0. The van der Waals surface area contributed by atoms with Crippen LogP contribution in [-0.2, 0) is 0 Å². The first-order chi connectivity index (χ1) is 10.1. The van der Waals surface area contributed by atoms with Crippen molar-refractivity contribution >= 4 is 44.2 Å². The van der Waals surface area contributed by atoms with Gasteiger partial charge in [0.05, 0.1) is 21.9 Å². The Balaban J connectivity index is 1.89. The molecular formula is C15H11BrN4O. The van der Waals surface area contributed by atoms with Gasteiger partial charge in [0.1, 0.15) is 5.82 Å². The van der Waals surface area contributed by atoms with Gasteiger partial charge >= 0.3 is 0 Å². The number of carbonyl (C=O) groups is 1. The van der Waals surface area contributed by atoms with Gasteiger partial charge < -0.3 is 11.1 Å². The third-order valence-electron chi connectivity index (χ3n) is 2.96. The standard InChI is InChI=1S/C15H11BrN4O/c16-12-7-11(17)8-19-14(12)20-15(21)10-3-4-13-9(6-10)2-1-5-18-13/h1-8H,17H2,(H,19,20,21). The van der Waals surface area contributed by atoms with Crippen LogP contribution in [0.5, 0.6) is 0 Å². The number of anilines is 2. The van der Waals surface area contributed by atoms with Crippen LogP contribution < -0.4 is 11.1 Å². The second-order valence-corrected chi connectivity index (χ2v) is 5.32. The van der Waals surface area contributed by atoms with E-state index < -0.39 is 0 Å². The van der Waals surface area contributed by atoms with Gasteiger partial charge in [0, 0.05) is 17.1 Å². The van der Waals surface area contributed by atoms with E-state index in [1.165, 1.54) is 6.20 Å². The number of nitrogens with one attached hydrogen (secondary N) is 1. The van der Waals surface area contributed by atoms with Crippen LogP contribution in [0.3, 0.4) is 0 Å². The molecule has 0 saturated carbocycles. The molecule has 2 aromatic heterocycles. The zero-order valence-electron chi connectivity index (χ0n) is 10.9. The molecule has 0 radical (unpaired) electrons. The molecule has 3 aromatic rings. The molecule has 1 aromatic carbocycles. The summed E-state index contributed by atoms with van der Waals surface area (Å²) in [4.78, 5) is 20.6. The quantitative estimate of drug-likeness (QED) is 0.749. The number of benzene rings is 1. The molecule has 0 saturated heterocycles. The molecule has 0 atom stereocenters. The Morgan fingerprint density at radius 3 is 2.86 bits per heavy atom. The van der Waals surface area contributed by atoms with Crippen LogP contribution in [0.15, 0.2) is 53.3 Å². The van der Waals surface area contributed by atoms with E-state index in [4.69, 9.17) is 5.73 Å². The van der Waals surface area contributed by atoms with Crippen molar-refractivity contribution in [2.24, 2.45) is 0 Å². The monoisotopic (exact) mass is 342 g/mol. The van der Waals surface area contributed by atoms with Gasteiger partial charge in [0.25, 0.3) is 5.91 Å². The Labute approximate surface area is 129 Å². The maximum atomic E-state index is 12.3. The van der Waals surface area contributed by atoms with Gasteiger partial charge in [-0.3, -0.25) is 9.78 Å². The van der Waals surface area contributed by atoms with E-state index in [1.54, 1.807) is 24.4 Å². The van der Waals surface area contributed by atoms with Crippen LogP contribution in [0.2, 0.25) is 0 Å². The van der Waals surface area contributed by atoms with E-state index in [9.17, 15) is 4.79 Å². The molecule has 3 N–H and O–H groups in total. The summed E-state index contributed by atoms with van der Waals surface area (Å²) in [6, 6.07) is 10.8. The SMILES string of the molecule is Nc1cnc(NC(=O)c2ccc3ncccc3c2)c(Br)c1.